The van der Waals surface area contributed by atoms with Crippen molar-refractivity contribution >= 4 is 11.7 Å². The fraction of sp³-hybridized carbons (Fsp3) is 0.778. The third kappa shape index (κ3) is 1.88. The van der Waals surface area contributed by atoms with Gasteiger partial charge in [0.1, 0.15) is 17.5 Å². The Morgan fingerprint density at radius 2 is 2.23 bits per heavy atom. The Morgan fingerprint density at radius 3 is 2.62 bits per heavy atom. The maximum Gasteiger partial charge on any atom is 0.250 e. The smallest absolute Gasteiger partial charge is 0.250 e. The predicted molar refractivity (Wildman–Crippen MR) is 50.7 cm³/mol. The highest BCUT2D eigenvalue weighted by Crippen LogP contribution is 2.15. The molecule has 0 fully saturated rings. The molecule has 0 radical (unpaired) electrons. The molecule has 1 heterocycles. The number of ether oxygens (including phenoxy) is 1. The topological polar surface area (TPSA) is 50.7 Å². The SMILES string of the molecule is CCC1N=C(C(C)(C)OC)NC1=O. The van der Waals surface area contributed by atoms with Gasteiger partial charge in [-0.25, -0.2) is 0 Å². The average Bonchev–Trinajstić information content (AvgIpc) is 2.47. The van der Waals surface area contributed by atoms with Crippen LogP contribution in [0.3, 0.4) is 0 Å². The van der Waals surface area contributed by atoms with Gasteiger partial charge in [-0.05, 0) is 20.3 Å². The predicted octanol–water partition coefficient (Wildman–Crippen LogP) is 0.718. The van der Waals surface area contributed by atoms with E-state index < -0.39 is 5.60 Å². The van der Waals surface area contributed by atoms with Crippen LogP contribution in [0.1, 0.15) is 27.2 Å². The van der Waals surface area contributed by atoms with Crippen molar-refractivity contribution in [3.05, 3.63) is 0 Å². The zero-order chi connectivity index (χ0) is 10.1. The monoisotopic (exact) mass is 184 g/mol. The molecule has 0 aromatic carbocycles. The van der Waals surface area contributed by atoms with Gasteiger partial charge in [0.05, 0.1) is 0 Å². The second-order valence-electron chi connectivity index (χ2n) is 3.61. The Morgan fingerprint density at radius 1 is 1.62 bits per heavy atom. The molecule has 0 saturated carbocycles. The number of carbonyl (C=O) groups excluding carboxylic acids is 1. The molecule has 4 heteroatoms. The molecule has 1 atom stereocenters. The highest BCUT2D eigenvalue weighted by atomic mass is 16.5. The summed E-state index contributed by atoms with van der Waals surface area (Å²) in [6.45, 7) is 5.70. The summed E-state index contributed by atoms with van der Waals surface area (Å²) in [7, 11) is 1.61. The lowest BCUT2D eigenvalue weighted by Gasteiger charge is -2.22. The molecule has 1 aliphatic rings. The van der Waals surface area contributed by atoms with E-state index in [4.69, 9.17) is 4.74 Å². The maximum atomic E-state index is 11.3. The Labute approximate surface area is 78.4 Å². The quantitative estimate of drug-likeness (QED) is 0.702. The molecule has 0 aromatic rings. The number of aliphatic imine (C=N–C) groups is 1. The molecule has 1 aliphatic heterocycles. The van der Waals surface area contributed by atoms with Gasteiger partial charge in [0.25, 0.3) is 0 Å². The van der Waals surface area contributed by atoms with Crippen molar-refractivity contribution in [2.45, 2.75) is 38.8 Å². The first-order valence-corrected chi connectivity index (χ1v) is 4.45. The van der Waals surface area contributed by atoms with Gasteiger partial charge in [-0.3, -0.25) is 9.79 Å². The summed E-state index contributed by atoms with van der Waals surface area (Å²) in [5, 5.41) is 2.73. The van der Waals surface area contributed by atoms with Crippen molar-refractivity contribution in [2.75, 3.05) is 7.11 Å². The molecule has 0 aromatic heterocycles. The lowest BCUT2D eigenvalue weighted by Crippen LogP contribution is -2.43. The number of rotatable bonds is 3. The van der Waals surface area contributed by atoms with Crippen molar-refractivity contribution in [3.63, 3.8) is 0 Å². The molecule has 13 heavy (non-hydrogen) atoms. The standard InChI is InChI=1S/C9H16N2O2/c1-5-6-7(12)11-8(10-6)9(2,3)13-4/h6H,5H2,1-4H3,(H,10,11,12). The first-order valence-electron chi connectivity index (χ1n) is 4.45. The number of hydrogen-bond donors (Lipinski definition) is 1. The van der Waals surface area contributed by atoms with Gasteiger partial charge in [0.15, 0.2) is 0 Å². The molecule has 0 aliphatic carbocycles. The Bertz CT molecular complexity index is 246. The van der Waals surface area contributed by atoms with Gasteiger partial charge in [-0.2, -0.15) is 0 Å². The molecule has 1 amide bonds. The molecular weight excluding hydrogens is 168 g/mol. The molecule has 0 bridgehead atoms. The van der Waals surface area contributed by atoms with Crippen LogP contribution in [-0.2, 0) is 9.53 Å². The summed E-state index contributed by atoms with van der Waals surface area (Å²) >= 11 is 0. The van der Waals surface area contributed by atoms with Gasteiger partial charge >= 0.3 is 0 Å². The second-order valence-corrected chi connectivity index (χ2v) is 3.61. The summed E-state index contributed by atoms with van der Waals surface area (Å²) in [6.07, 6.45) is 0.731. The third-order valence-electron chi connectivity index (χ3n) is 2.30. The highest BCUT2D eigenvalue weighted by molar-refractivity contribution is 6.09. The van der Waals surface area contributed by atoms with Crippen LogP contribution in [0.15, 0.2) is 4.99 Å². The minimum absolute atomic E-state index is 0.0253. The van der Waals surface area contributed by atoms with Crippen molar-refractivity contribution < 1.29 is 9.53 Å². The largest absolute Gasteiger partial charge is 0.371 e. The first-order chi connectivity index (χ1) is 6.01. The number of nitrogens with one attached hydrogen (secondary N) is 1. The highest BCUT2D eigenvalue weighted by Gasteiger charge is 2.34. The fourth-order valence-corrected chi connectivity index (χ4v) is 1.13. The minimum atomic E-state index is -0.500. The first kappa shape index (κ1) is 10.2. The van der Waals surface area contributed by atoms with Crippen molar-refractivity contribution in [3.8, 4) is 0 Å². The summed E-state index contributed by atoms with van der Waals surface area (Å²) in [4.78, 5) is 15.6. The van der Waals surface area contributed by atoms with Crippen LogP contribution in [0.4, 0.5) is 0 Å². The number of nitrogens with zero attached hydrogens (tertiary/aromatic N) is 1. The summed E-state index contributed by atoms with van der Waals surface area (Å²) < 4.78 is 5.22. The van der Waals surface area contributed by atoms with Crippen LogP contribution in [0, 0.1) is 0 Å². The van der Waals surface area contributed by atoms with Crippen molar-refractivity contribution in [2.24, 2.45) is 4.99 Å². The van der Waals surface area contributed by atoms with E-state index in [-0.39, 0.29) is 11.9 Å². The molecular formula is C9H16N2O2. The fourth-order valence-electron chi connectivity index (χ4n) is 1.13. The zero-order valence-electron chi connectivity index (χ0n) is 8.55. The molecule has 1 N–H and O–H groups in total. The summed E-state index contributed by atoms with van der Waals surface area (Å²) in [6, 6.07) is -0.232. The average molecular weight is 184 g/mol. The molecule has 0 saturated heterocycles. The van der Waals surface area contributed by atoms with Gasteiger partial charge in [-0.15, -0.1) is 0 Å². The van der Waals surface area contributed by atoms with Crippen LogP contribution in [0.5, 0.6) is 0 Å². The molecule has 1 unspecified atom stereocenters. The van der Waals surface area contributed by atoms with Crippen molar-refractivity contribution in [1.82, 2.24) is 5.32 Å². The van der Waals surface area contributed by atoms with Gasteiger partial charge in [0.2, 0.25) is 5.91 Å². The minimum Gasteiger partial charge on any atom is -0.371 e. The van der Waals surface area contributed by atoms with Gasteiger partial charge < -0.3 is 10.1 Å². The van der Waals surface area contributed by atoms with Crippen LogP contribution in [-0.4, -0.2) is 30.5 Å². The molecule has 1 rings (SSSR count). The molecule has 74 valence electrons. The Kier molecular flexibility index (Phi) is 2.71. The summed E-state index contributed by atoms with van der Waals surface area (Å²) in [5.74, 6) is 0.606. The van der Waals surface area contributed by atoms with Crippen LogP contribution in [0.25, 0.3) is 0 Å². The number of amides is 1. The van der Waals surface area contributed by atoms with E-state index in [9.17, 15) is 4.79 Å². The number of methoxy groups -OCH3 is 1. The normalized spacial score (nSPS) is 22.9. The number of carbonyl (C=O) groups is 1. The number of hydrogen-bond acceptors (Lipinski definition) is 3. The van der Waals surface area contributed by atoms with E-state index in [1.165, 1.54) is 0 Å². The lowest BCUT2D eigenvalue weighted by atomic mass is 10.1. The third-order valence-corrected chi connectivity index (χ3v) is 2.30. The lowest BCUT2D eigenvalue weighted by molar-refractivity contribution is -0.120. The Balaban J connectivity index is 2.80. The maximum absolute atomic E-state index is 11.3. The van der Waals surface area contributed by atoms with E-state index in [0.717, 1.165) is 6.42 Å². The van der Waals surface area contributed by atoms with Gasteiger partial charge in [0, 0.05) is 7.11 Å². The molecule has 0 spiro atoms. The van der Waals surface area contributed by atoms with E-state index in [2.05, 4.69) is 10.3 Å². The Hall–Kier alpha value is -0.900. The second kappa shape index (κ2) is 3.46. The van der Waals surface area contributed by atoms with Crippen LogP contribution < -0.4 is 5.32 Å². The van der Waals surface area contributed by atoms with Crippen LogP contribution in [0.2, 0.25) is 0 Å². The zero-order valence-corrected chi connectivity index (χ0v) is 8.55. The van der Waals surface area contributed by atoms with Crippen LogP contribution >= 0.6 is 0 Å². The van der Waals surface area contributed by atoms with Gasteiger partial charge in [-0.1, -0.05) is 6.92 Å². The summed E-state index contributed by atoms with van der Waals surface area (Å²) in [5.41, 5.74) is -0.500. The van der Waals surface area contributed by atoms with Crippen molar-refractivity contribution in [1.29, 1.82) is 0 Å². The van der Waals surface area contributed by atoms with E-state index in [1.807, 2.05) is 20.8 Å². The van der Waals surface area contributed by atoms with E-state index in [0.29, 0.717) is 5.84 Å². The molecule has 4 nitrogen and oxygen atoms in total. The van der Waals surface area contributed by atoms with E-state index in [1.54, 1.807) is 7.11 Å². The van der Waals surface area contributed by atoms with E-state index >= 15 is 0 Å². The number of amidine groups is 1.